The predicted octanol–water partition coefficient (Wildman–Crippen LogP) is 5.14. The van der Waals surface area contributed by atoms with Crippen LogP contribution in [0, 0.1) is 0 Å². The van der Waals surface area contributed by atoms with E-state index in [4.69, 9.17) is 4.74 Å². The summed E-state index contributed by atoms with van der Waals surface area (Å²) < 4.78 is 6.16. The van der Waals surface area contributed by atoms with Gasteiger partial charge in [-0.15, -0.1) is 0 Å². The van der Waals surface area contributed by atoms with Gasteiger partial charge in [0, 0.05) is 4.48 Å². The standard InChI is InChI=1S/C17H15BrO/c1-19-17-11-8-15(9-12-17)13-16(18)10-7-14-5-3-2-4-6-14/h2-13H,1H3/b10-7+,16-13-. The van der Waals surface area contributed by atoms with Crippen LogP contribution in [-0.4, -0.2) is 7.11 Å². The third kappa shape index (κ3) is 4.42. The van der Waals surface area contributed by atoms with Gasteiger partial charge in [-0.25, -0.2) is 0 Å². The van der Waals surface area contributed by atoms with Crippen LogP contribution in [0.4, 0.5) is 0 Å². The highest BCUT2D eigenvalue weighted by Gasteiger charge is 1.92. The summed E-state index contributed by atoms with van der Waals surface area (Å²) in [5, 5.41) is 0. The second-order valence-electron chi connectivity index (χ2n) is 4.05. The molecule has 0 heterocycles. The molecule has 0 radical (unpaired) electrons. The second kappa shape index (κ2) is 6.95. The van der Waals surface area contributed by atoms with Gasteiger partial charge in [-0.1, -0.05) is 64.5 Å². The van der Waals surface area contributed by atoms with Crippen molar-refractivity contribution in [3.63, 3.8) is 0 Å². The summed E-state index contributed by atoms with van der Waals surface area (Å²) in [6, 6.07) is 18.2. The van der Waals surface area contributed by atoms with Gasteiger partial charge in [-0.2, -0.15) is 0 Å². The van der Waals surface area contributed by atoms with Crippen molar-refractivity contribution < 1.29 is 4.74 Å². The van der Waals surface area contributed by atoms with E-state index >= 15 is 0 Å². The molecular weight excluding hydrogens is 300 g/mol. The Kier molecular flexibility index (Phi) is 4.99. The molecule has 2 aromatic carbocycles. The number of benzene rings is 2. The first kappa shape index (κ1) is 13.6. The maximum atomic E-state index is 5.13. The summed E-state index contributed by atoms with van der Waals surface area (Å²) in [5.74, 6) is 0.869. The summed E-state index contributed by atoms with van der Waals surface area (Å²) in [7, 11) is 1.67. The van der Waals surface area contributed by atoms with Crippen LogP contribution < -0.4 is 4.74 Å². The molecular formula is C17H15BrO. The summed E-state index contributed by atoms with van der Waals surface area (Å²) in [4.78, 5) is 0. The smallest absolute Gasteiger partial charge is 0.118 e. The third-order valence-electron chi connectivity index (χ3n) is 2.65. The minimum Gasteiger partial charge on any atom is -0.497 e. The van der Waals surface area contributed by atoms with Crippen molar-refractivity contribution in [3.05, 3.63) is 76.3 Å². The van der Waals surface area contributed by atoms with Crippen LogP contribution in [0.1, 0.15) is 11.1 Å². The molecule has 0 atom stereocenters. The molecule has 0 fully saturated rings. The highest BCUT2D eigenvalue weighted by atomic mass is 79.9. The molecule has 96 valence electrons. The Morgan fingerprint density at radius 1 is 0.947 bits per heavy atom. The van der Waals surface area contributed by atoms with Crippen LogP contribution in [0.15, 0.2) is 65.2 Å². The zero-order valence-electron chi connectivity index (χ0n) is 10.7. The molecule has 0 amide bonds. The topological polar surface area (TPSA) is 9.23 Å². The molecule has 0 bridgehead atoms. The lowest BCUT2D eigenvalue weighted by Gasteiger charge is -1.99. The van der Waals surface area contributed by atoms with Crippen LogP contribution >= 0.6 is 15.9 Å². The van der Waals surface area contributed by atoms with Crippen LogP contribution in [-0.2, 0) is 0 Å². The fourth-order valence-corrected chi connectivity index (χ4v) is 2.04. The zero-order chi connectivity index (χ0) is 13.5. The lowest BCUT2D eigenvalue weighted by molar-refractivity contribution is 0.415. The van der Waals surface area contributed by atoms with Crippen molar-refractivity contribution >= 4 is 28.1 Å². The Labute approximate surface area is 122 Å². The van der Waals surface area contributed by atoms with E-state index in [2.05, 4.69) is 40.2 Å². The molecule has 2 rings (SSSR count). The van der Waals surface area contributed by atoms with E-state index in [0.29, 0.717) is 0 Å². The summed E-state index contributed by atoms with van der Waals surface area (Å²) in [6.07, 6.45) is 6.18. The molecule has 2 heteroatoms. The number of rotatable bonds is 4. The third-order valence-corrected chi connectivity index (χ3v) is 3.15. The fraction of sp³-hybridized carbons (Fsp3) is 0.0588. The number of hydrogen-bond donors (Lipinski definition) is 0. The average molecular weight is 315 g/mol. The normalized spacial score (nSPS) is 11.8. The van der Waals surface area contributed by atoms with Crippen molar-refractivity contribution in [2.24, 2.45) is 0 Å². The number of allylic oxidation sites excluding steroid dienone is 2. The van der Waals surface area contributed by atoms with Gasteiger partial charge in [0.1, 0.15) is 5.75 Å². The summed E-state index contributed by atoms with van der Waals surface area (Å²) in [6.45, 7) is 0. The average Bonchev–Trinajstić information content (AvgIpc) is 2.47. The van der Waals surface area contributed by atoms with Crippen molar-refractivity contribution in [3.8, 4) is 5.75 Å². The summed E-state index contributed by atoms with van der Waals surface area (Å²) in [5.41, 5.74) is 2.31. The van der Waals surface area contributed by atoms with Crippen molar-refractivity contribution in [1.82, 2.24) is 0 Å². The van der Waals surface area contributed by atoms with Gasteiger partial charge in [0.2, 0.25) is 0 Å². The number of hydrogen-bond acceptors (Lipinski definition) is 1. The molecule has 0 saturated carbocycles. The monoisotopic (exact) mass is 314 g/mol. The lowest BCUT2D eigenvalue weighted by Crippen LogP contribution is -1.81. The van der Waals surface area contributed by atoms with Gasteiger partial charge in [0.05, 0.1) is 7.11 Å². The highest BCUT2D eigenvalue weighted by molar-refractivity contribution is 9.12. The molecule has 2 aromatic rings. The van der Waals surface area contributed by atoms with Crippen LogP contribution in [0.25, 0.3) is 12.2 Å². The highest BCUT2D eigenvalue weighted by Crippen LogP contribution is 2.18. The van der Waals surface area contributed by atoms with E-state index in [1.807, 2.05) is 48.5 Å². The van der Waals surface area contributed by atoms with Crippen LogP contribution in [0.2, 0.25) is 0 Å². The van der Waals surface area contributed by atoms with Crippen LogP contribution in [0.5, 0.6) is 5.75 Å². The van der Waals surface area contributed by atoms with E-state index in [0.717, 1.165) is 15.8 Å². The van der Waals surface area contributed by atoms with Crippen molar-refractivity contribution in [2.75, 3.05) is 7.11 Å². The van der Waals surface area contributed by atoms with Gasteiger partial charge < -0.3 is 4.74 Å². The largest absolute Gasteiger partial charge is 0.497 e. The SMILES string of the molecule is COc1ccc(/C=C(Br)/C=C/c2ccccc2)cc1. The molecule has 0 spiro atoms. The number of methoxy groups -OCH3 is 1. The Morgan fingerprint density at radius 3 is 2.26 bits per heavy atom. The Balaban J connectivity index is 2.08. The van der Waals surface area contributed by atoms with E-state index < -0.39 is 0 Å². The zero-order valence-corrected chi connectivity index (χ0v) is 12.3. The molecule has 0 aliphatic carbocycles. The maximum Gasteiger partial charge on any atom is 0.118 e. The molecule has 0 aliphatic heterocycles. The molecule has 0 unspecified atom stereocenters. The van der Waals surface area contributed by atoms with Crippen molar-refractivity contribution in [2.45, 2.75) is 0 Å². The molecule has 0 N–H and O–H groups in total. The predicted molar refractivity (Wildman–Crippen MR) is 85.4 cm³/mol. The molecule has 1 nitrogen and oxygen atoms in total. The van der Waals surface area contributed by atoms with Gasteiger partial charge in [0.25, 0.3) is 0 Å². The number of halogens is 1. The van der Waals surface area contributed by atoms with E-state index in [-0.39, 0.29) is 0 Å². The van der Waals surface area contributed by atoms with Gasteiger partial charge >= 0.3 is 0 Å². The first-order chi connectivity index (χ1) is 9.28. The molecule has 0 aliphatic rings. The van der Waals surface area contributed by atoms with E-state index in [9.17, 15) is 0 Å². The van der Waals surface area contributed by atoms with Gasteiger partial charge in [-0.05, 0) is 35.4 Å². The van der Waals surface area contributed by atoms with Crippen LogP contribution in [0.3, 0.4) is 0 Å². The maximum absolute atomic E-state index is 5.13. The fourth-order valence-electron chi connectivity index (χ4n) is 1.65. The minimum absolute atomic E-state index is 0.869. The molecule has 19 heavy (non-hydrogen) atoms. The molecule has 0 saturated heterocycles. The first-order valence-corrected chi connectivity index (χ1v) is 6.81. The van der Waals surface area contributed by atoms with Crippen molar-refractivity contribution in [1.29, 1.82) is 0 Å². The minimum atomic E-state index is 0.869. The second-order valence-corrected chi connectivity index (χ2v) is 4.96. The van der Waals surface area contributed by atoms with E-state index in [1.165, 1.54) is 5.56 Å². The van der Waals surface area contributed by atoms with E-state index in [1.54, 1.807) is 7.11 Å². The Bertz CT molecular complexity index is 568. The lowest BCUT2D eigenvalue weighted by atomic mass is 10.2. The quantitative estimate of drug-likeness (QED) is 0.710. The summed E-state index contributed by atoms with van der Waals surface area (Å²) >= 11 is 3.55. The number of ether oxygens (including phenoxy) is 1. The Morgan fingerprint density at radius 2 is 1.63 bits per heavy atom. The first-order valence-electron chi connectivity index (χ1n) is 6.02. The molecule has 0 aromatic heterocycles. The Hall–Kier alpha value is -1.80. The van der Waals surface area contributed by atoms with Gasteiger partial charge in [-0.3, -0.25) is 0 Å². The van der Waals surface area contributed by atoms with Gasteiger partial charge in [0.15, 0.2) is 0 Å².